The Bertz CT molecular complexity index is 642. The predicted octanol–water partition coefficient (Wildman–Crippen LogP) is 0.479. The molecule has 1 fully saturated rings. The van der Waals surface area contributed by atoms with Crippen molar-refractivity contribution in [3.05, 3.63) is 22.0 Å². The summed E-state index contributed by atoms with van der Waals surface area (Å²) in [5.74, 6) is 0. The molecule has 1 N–H and O–H groups in total. The van der Waals surface area contributed by atoms with E-state index in [2.05, 4.69) is 9.97 Å². The molecule has 0 aromatic carbocycles. The molecule has 2 aromatic heterocycles. The maximum Gasteiger partial charge on any atom is 0.330 e. The van der Waals surface area contributed by atoms with Crippen LogP contribution in [0.25, 0.3) is 11.2 Å². The minimum absolute atomic E-state index is 0.00664. The number of hydrogen-bond acceptors (Lipinski definition) is 4. The number of rotatable bonds is 1. The van der Waals surface area contributed by atoms with Gasteiger partial charge in [-0.15, -0.1) is 0 Å². The zero-order valence-corrected chi connectivity index (χ0v) is 9.92. The second-order valence-electron chi connectivity index (χ2n) is 4.34. The van der Waals surface area contributed by atoms with Crippen molar-refractivity contribution >= 4 is 22.8 Å². The summed E-state index contributed by atoms with van der Waals surface area (Å²) in [6.45, 7) is 0. The molecule has 0 amide bonds. The summed E-state index contributed by atoms with van der Waals surface area (Å²) >= 11 is 5.75. The highest BCUT2D eigenvalue weighted by atomic mass is 35.5. The van der Waals surface area contributed by atoms with Crippen LogP contribution in [0.3, 0.4) is 0 Å². The van der Waals surface area contributed by atoms with Crippen LogP contribution in [0.15, 0.2) is 11.0 Å². The lowest BCUT2D eigenvalue weighted by atomic mass is 9.89. The highest BCUT2D eigenvalue weighted by molar-refractivity contribution is 6.28. The van der Waals surface area contributed by atoms with E-state index in [0.717, 1.165) is 0 Å². The van der Waals surface area contributed by atoms with Crippen LogP contribution in [0.4, 0.5) is 0 Å². The molecule has 1 aliphatic rings. The van der Waals surface area contributed by atoms with Gasteiger partial charge >= 0.3 is 5.69 Å². The number of fused-ring (bicyclic) bond motifs is 1. The number of aryl methyl sites for hydroxylation is 1. The van der Waals surface area contributed by atoms with Crippen molar-refractivity contribution in [2.24, 2.45) is 7.05 Å². The molecule has 1 aliphatic carbocycles. The number of halogens is 1. The average molecular weight is 255 g/mol. The normalized spacial score (nSPS) is 23.9. The number of nitrogens with zero attached hydrogens (tertiary/aromatic N) is 4. The Morgan fingerprint density at radius 2 is 2.24 bits per heavy atom. The fourth-order valence-corrected chi connectivity index (χ4v) is 2.34. The Hall–Kier alpha value is -1.40. The van der Waals surface area contributed by atoms with Crippen molar-refractivity contribution in [2.45, 2.75) is 25.0 Å². The van der Waals surface area contributed by atoms with E-state index in [1.807, 2.05) is 0 Å². The zero-order chi connectivity index (χ0) is 12.2. The van der Waals surface area contributed by atoms with Crippen LogP contribution in [0.2, 0.25) is 5.28 Å². The van der Waals surface area contributed by atoms with Crippen LogP contribution >= 0.6 is 11.6 Å². The van der Waals surface area contributed by atoms with Gasteiger partial charge in [0.05, 0.1) is 12.3 Å². The molecule has 0 radical (unpaired) electrons. The first kappa shape index (κ1) is 10.7. The molecule has 0 saturated heterocycles. The van der Waals surface area contributed by atoms with Gasteiger partial charge in [-0.3, -0.25) is 9.13 Å². The van der Waals surface area contributed by atoms with Gasteiger partial charge in [-0.25, -0.2) is 9.78 Å². The summed E-state index contributed by atoms with van der Waals surface area (Å²) < 4.78 is 3.09. The summed E-state index contributed by atoms with van der Waals surface area (Å²) in [5.41, 5.74) is 1.05. The number of aliphatic hydroxyl groups excluding tert-OH is 1. The fraction of sp³-hybridized carbons (Fsp3) is 0.500. The molecule has 0 unspecified atom stereocenters. The lowest BCUT2D eigenvalue weighted by molar-refractivity contribution is 0.0484. The lowest BCUT2D eigenvalue weighted by Crippen LogP contribution is -2.36. The number of imidazole rings is 1. The molecule has 2 aromatic rings. The minimum Gasteiger partial charge on any atom is -0.393 e. The third kappa shape index (κ3) is 1.48. The van der Waals surface area contributed by atoms with E-state index in [-0.39, 0.29) is 23.1 Å². The lowest BCUT2D eigenvalue weighted by Gasteiger charge is -2.31. The van der Waals surface area contributed by atoms with Gasteiger partial charge in [0.25, 0.3) is 0 Å². The second kappa shape index (κ2) is 3.54. The largest absolute Gasteiger partial charge is 0.393 e. The topological polar surface area (TPSA) is 72.9 Å². The van der Waals surface area contributed by atoms with Crippen LogP contribution in [-0.2, 0) is 7.05 Å². The van der Waals surface area contributed by atoms with Gasteiger partial charge in [-0.05, 0) is 24.4 Å². The number of hydrogen-bond donors (Lipinski definition) is 1. The SMILES string of the molecule is Cn1c(=O)n(C2CC(O)C2)c2nc(Cl)ncc21. The fourth-order valence-electron chi connectivity index (χ4n) is 2.21. The first-order valence-electron chi connectivity index (χ1n) is 5.35. The summed E-state index contributed by atoms with van der Waals surface area (Å²) in [4.78, 5) is 20.0. The summed E-state index contributed by atoms with van der Waals surface area (Å²) in [7, 11) is 1.67. The Labute approximate surface area is 101 Å². The van der Waals surface area contributed by atoms with Crippen LogP contribution in [0, 0.1) is 0 Å². The van der Waals surface area contributed by atoms with E-state index in [1.54, 1.807) is 11.6 Å². The van der Waals surface area contributed by atoms with Gasteiger partial charge in [-0.1, -0.05) is 0 Å². The third-order valence-corrected chi connectivity index (χ3v) is 3.44. The van der Waals surface area contributed by atoms with Crippen molar-refractivity contribution in [1.29, 1.82) is 0 Å². The van der Waals surface area contributed by atoms with E-state index in [9.17, 15) is 9.90 Å². The van der Waals surface area contributed by atoms with E-state index in [0.29, 0.717) is 24.0 Å². The maximum absolute atomic E-state index is 12.1. The highest BCUT2D eigenvalue weighted by Gasteiger charge is 2.32. The third-order valence-electron chi connectivity index (χ3n) is 3.26. The van der Waals surface area contributed by atoms with Gasteiger partial charge in [0, 0.05) is 13.1 Å². The Morgan fingerprint density at radius 1 is 1.53 bits per heavy atom. The Kier molecular flexibility index (Phi) is 2.24. The van der Waals surface area contributed by atoms with E-state index in [1.165, 1.54) is 10.8 Å². The van der Waals surface area contributed by atoms with Crippen molar-refractivity contribution < 1.29 is 5.11 Å². The molecule has 1 saturated carbocycles. The van der Waals surface area contributed by atoms with Crippen molar-refractivity contribution in [1.82, 2.24) is 19.1 Å². The molecule has 2 heterocycles. The first-order valence-corrected chi connectivity index (χ1v) is 5.73. The minimum atomic E-state index is -0.320. The molecule has 6 nitrogen and oxygen atoms in total. The summed E-state index contributed by atoms with van der Waals surface area (Å²) in [6, 6.07) is 0.00664. The second-order valence-corrected chi connectivity index (χ2v) is 4.68. The quantitative estimate of drug-likeness (QED) is 0.752. The highest BCUT2D eigenvalue weighted by Crippen LogP contribution is 2.32. The Morgan fingerprint density at radius 3 is 2.88 bits per heavy atom. The van der Waals surface area contributed by atoms with Gasteiger partial charge in [-0.2, -0.15) is 4.98 Å². The van der Waals surface area contributed by atoms with Crippen LogP contribution in [-0.4, -0.2) is 30.3 Å². The molecule has 17 heavy (non-hydrogen) atoms. The molecule has 7 heteroatoms. The monoisotopic (exact) mass is 254 g/mol. The smallest absolute Gasteiger partial charge is 0.330 e. The van der Waals surface area contributed by atoms with Gasteiger partial charge in [0.2, 0.25) is 5.28 Å². The van der Waals surface area contributed by atoms with Gasteiger partial charge in [0.1, 0.15) is 5.52 Å². The van der Waals surface area contributed by atoms with Gasteiger partial charge in [0.15, 0.2) is 5.65 Å². The molecule has 3 rings (SSSR count). The molecular formula is C10H11ClN4O2. The average Bonchev–Trinajstić information content (AvgIpc) is 2.48. The van der Waals surface area contributed by atoms with Crippen LogP contribution in [0.5, 0.6) is 0 Å². The number of aliphatic hydroxyl groups is 1. The van der Waals surface area contributed by atoms with Crippen molar-refractivity contribution in [2.75, 3.05) is 0 Å². The first-order chi connectivity index (χ1) is 8.08. The molecule has 0 atom stereocenters. The van der Waals surface area contributed by atoms with Crippen molar-refractivity contribution in [3.8, 4) is 0 Å². The van der Waals surface area contributed by atoms with Crippen molar-refractivity contribution in [3.63, 3.8) is 0 Å². The zero-order valence-electron chi connectivity index (χ0n) is 9.17. The molecule has 0 bridgehead atoms. The van der Waals surface area contributed by atoms with Gasteiger partial charge < -0.3 is 5.11 Å². The van der Waals surface area contributed by atoms with E-state index >= 15 is 0 Å². The predicted molar refractivity (Wildman–Crippen MR) is 62.1 cm³/mol. The van der Waals surface area contributed by atoms with Crippen LogP contribution < -0.4 is 5.69 Å². The standard InChI is InChI=1S/C10H11ClN4O2/c1-14-7-4-12-9(11)13-8(7)15(10(14)17)5-2-6(16)3-5/h4-6,16H,2-3H2,1H3. The summed E-state index contributed by atoms with van der Waals surface area (Å²) in [6.07, 6.45) is 2.39. The molecule has 0 spiro atoms. The molecular weight excluding hydrogens is 244 g/mol. The maximum atomic E-state index is 12.1. The molecule has 90 valence electrons. The molecule has 0 aliphatic heterocycles. The van der Waals surface area contributed by atoms with E-state index < -0.39 is 0 Å². The summed E-state index contributed by atoms with van der Waals surface area (Å²) in [5, 5.41) is 9.44. The Balaban J connectivity index is 2.25. The number of aromatic nitrogens is 4. The van der Waals surface area contributed by atoms with Crippen LogP contribution in [0.1, 0.15) is 18.9 Å². The van der Waals surface area contributed by atoms with E-state index in [4.69, 9.17) is 11.6 Å².